The summed E-state index contributed by atoms with van der Waals surface area (Å²) >= 11 is 0. The van der Waals surface area contributed by atoms with Crippen LogP contribution < -0.4 is 9.46 Å². The third-order valence-corrected chi connectivity index (χ3v) is 9.87. The van der Waals surface area contributed by atoms with Crippen molar-refractivity contribution in [2.75, 3.05) is 17.8 Å². The molecule has 6 bridgehead atoms. The molecule has 1 saturated heterocycles. The van der Waals surface area contributed by atoms with E-state index in [9.17, 15) is 8.42 Å². The molecule has 1 aromatic heterocycles. The third-order valence-electron chi connectivity index (χ3n) is 8.54. The van der Waals surface area contributed by atoms with Crippen molar-refractivity contribution in [3.8, 4) is 17.1 Å². The Labute approximate surface area is 252 Å². The molecule has 3 atom stereocenters. The summed E-state index contributed by atoms with van der Waals surface area (Å²) in [4.78, 5) is 12.1. The van der Waals surface area contributed by atoms with Crippen LogP contribution in [0.15, 0.2) is 53.4 Å². The summed E-state index contributed by atoms with van der Waals surface area (Å²) in [6.07, 6.45) is 3.81. The predicted molar refractivity (Wildman–Crippen MR) is 169 cm³/mol. The number of likely N-dealkylation sites (tertiary alicyclic amines) is 1. The van der Waals surface area contributed by atoms with E-state index in [1.165, 1.54) is 0 Å². The van der Waals surface area contributed by atoms with Crippen molar-refractivity contribution in [1.82, 2.24) is 14.9 Å². The Morgan fingerprint density at radius 1 is 1.02 bits per heavy atom. The van der Waals surface area contributed by atoms with Crippen LogP contribution in [0.5, 0.6) is 5.88 Å². The van der Waals surface area contributed by atoms with E-state index >= 15 is 0 Å². The van der Waals surface area contributed by atoms with Gasteiger partial charge in [-0.3, -0.25) is 4.90 Å². The summed E-state index contributed by atoms with van der Waals surface area (Å²) in [5.74, 6) is 1.12. The Bertz CT molecular complexity index is 1510. The van der Waals surface area contributed by atoms with Crippen LogP contribution in [0, 0.1) is 25.2 Å². The summed E-state index contributed by atoms with van der Waals surface area (Å²) in [5, 5.41) is 0. The quantitative estimate of drug-likeness (QED) is 0.334. The number of aryl methyl sites for hydroxylation is 2. The molecular formula is C34H46N4O3S. The first-order valence-electron chi connectivity index (χ1n) is 15.3. The van der Waals surface area contributed by atoms with Crippen molar-refractivity contribution < 1.29 is 13.2 Å². The molecule has 3 heterocycles. The lowest BCUT2D eigenvalue weighted by molar-refractivity contribution is 0.0960. The van der Waals surface area contributed by atoms with Crippen LogP contribution in [0.4, 0.5) is 5.95 Å². The highest BCUT2D eigenvalue weighted by molar-refractivity contribution is 7.92. The van der Waals surface area contributed by atoms with Gasteiger partial charge in [0.25, 0.3) is 10.0 Å². The lowest BCUT2D eigenvalue weighted by Crippen LogP contribution is -2.42. The zero-order chi connectivity index (χ0) is 30.2. The molecular weight excluding hydrogens is 544 g/mol. The molecule has 42 heavy (non-hydrogen) atoms. The van der Waals surface area contributed by atoms with Gasteiger partial charge in [0.05, 0.1) is 10.6 Å². The smallest absolute Gasteiger partial charge is 0.264 e. The summed E-state index contributed by atoms with van der Waals surface area (Å²) < 4.78 is 36.6. The average Bonchev–Trinajstić information content (AvgIpc) is 3.05. The van der Waals surface area contributed by atoms with Crippen molar-refractivity contribution in [2.24, 2.45) is 11.3 Å². The Hall–Kier alpha value is -2.97. The first-order chi connectivity index (χ1) is 19.8. The Kier molecular flexibility index (Phi) is 8.68. The molecule has 0 radical (unpaired) electrons. The largest absolute Gasteiger partial charge is 0.473 e. The zero-order valence-corrected chi connectivity index (χ0v) is 27.0. The van der Waals surface area contributed by atoms with Crippen LogP contribution in [-0.4, -0.2) is 48.5 Å². The van der Waals surface area contributed by atoms with E-state index < -0.39 is 10.0 Å². The first-order valence-corrected chi connectivity index (χ1v) is 16.7. The fraction of sp³-hybridized carbons (Fsp3) is 0.529. The lowest BCUT2D eigenvalue weighted by atomic mass is 9.86. The van der Waals surface area contributed by atoms with Crippen LogP contribution in [-0.2, 0) is 10.0 Å². The van der Waals surface area contributed by atoms with Crippen molar-refractivity contribution in [2.45, 2.75) is 97.1 Å². The summed E-state index contributed by atoms with van der Waals surface area (Å²) in [6, 6.07) is 15.7. The summed E-state index contributed by atoms with van der Waals surface area (Å²) in [6.45, 7) is 17.3. The van der Waals surface area contributed by atoms with Gasteiger partial charge < -0.3 is 4.74 Å². The normalized spacial score (nSPS) is 22.3. The van der Waals surface area contributed by atoms with Crippen molar-refractivity contribution in [3.05, 3.63) is 65.2 Å². The molecule has 0 saturated carbocycles. The molecule has 1 unspecified atom stereocenters. The van der Waals surface area contributed by atoms with Crippen molar-refractivity contribution >= 4 is 16.0 Å². The maximum absolute atomic E-state index is 13.6. The van der Waals surface area contributed by atoms with E-state index in [1.54, 1.807) is 6.07 Å². The topological polar surface area (TPSA) is 84.4 Å². The number of aromatic nitrogens is 2. The number of sulfonamides is 1. The highest BCUT2D eigenvalue weighted by Crippen LogP contribution is 2.38. The molecule has 0 amide bonds. The van der Waals surface area contributed by atoms with Crippen molar-refractivity contribution in [1.29, 1.82) is 0 Å². The number of nitrogens with zero attached hydrogens (tertiary/aromatic N) is 3. The SMILES string of the molecule is Cc1cccc(C)c1-c1cc2nc(n1)NS(=O)(=O)c1cccc(c1)C1C[C@@H](CN(CCC(C)(C)C)[C@@H](CC(C)C)C1)O2. The van der Waals surface area contributed by atoms with E-state index in [0.717, 1.165) is 61.0 Å². The molecule has 0 spiro atoms. The number of hydrogen-bond donors (Lipinski definition) is 1. The van der Waals surface area contributed by atoms with Crippen LogP contribution in [0.25, 0.3) is 11.3 Å². The standard InChI is InChI=1S/C34H46N4O3S/c1-22(2)16-27-17-26-18-28(21-38(27)15-14-34(5,6)7)41-31-20-30(32-23(3)10-8-11-24(32)4)35-33(36-31)37-42(39,40)29-13-9-12-25(26)19-29/h8-13,19-20,22,26-28H,14-18,21H2,1-7H3,(H,35,36,37)/t26?,27-,28-/m0/s1. The van der Waals surface area contributed by atoms with E-state index in [4.69, 9.17) is 4.74 Å². The van der Waals surface area contributed by atoms with Crippen LogP contribution in [0.1, 0.15) is 82.9 Å². The molecule has 7 nitrogen and oxygen atoms in total. The molecule has 2 aliphatic heterocycles. The van der Waals surface area contributed by atoms with E-state index in [1.807, 2.05) is 50.2 Å². The Morgan fingerprint density at radius 3 is 2.43 bits per heavy atom. The van der Waals surface area contributed by atoms with Crippen LogP contribution in [0.3, 0.4) is 0 Å². The van der Waals surface area contributed by atoms with E-state index in [2.05, 4.69) is 60.3 Å². The lowest BCUT2D eigenvalue weighted by Gasteiger charge is -2.35. The maximum Gasteiger partial charge on any atom is 0.264 e. The molecule has 0 aliphatic carbocycles. The molecule has 226 valence electrons. The van der Waals surface area contributed by atoms with E-state index in [-0.39, 0.29) is 28.3 Å². The van der Waals surface area contributed by atoms with Gasteiger partial charge in [-0.25, -0.2) is 18.1 Å². The second-order valence-electron chi connectivity index (χ2n) is 13.9. The van der Waals surface area contributed by atoms with E-state index in [0.29, 0.717) is 23.5 Å². The molecule has 3 aromatic rings. The van der Waals surface area contributed by atoms with Gasteiger partial charge in [-0.2, -0.15) is 4.98 Å². The Morgan fingerprint density at radius 2 is 1.74 bits per heavy atom. The molecule has 5 rings (SSSR count). The predicted octanol–water partition coefficient (Wildman–Crippen LogP) is 7.35. The molecule has 2 aromatic carbocycles. The fourth-order valence-corrected chi connectivity index (χ4v) is 7.44. The van der Waals surface area contributed by atoms with Gasteiger partial charge in [-0.1, -0.05) is 65.0 Å². The van der Waals surface area contributed by atoms with Gasteiger partial charge >= 0.3 is 0 Å². The van der Waals surface area contributed by atoms with Gasteiger partial charge in [-0.05, 0) is 92.1 Å². The number of fused-ring (bicyclic) bond motifs is 7. The maximum atomic E-state index is 13.6. The average molecular weight is 591 g/mol. The minimum absolute atomic E-state index is 0.0172. The zero-order valence-electron chi connectivity index (χ0n) is 26.1. The number of ether oxygens (including phenoxy) is 1. The number of benzene rings is 2. The van der Waals surface area contributed by atoms with Crippen LogP contribution >= 0.6 is 0 Å². The highest BCUT2D eigenvalue weighted by Gasteiger charge is 2.35. The first kappa shape index (κ1) is 30.5. The van der Waals surface area contributed by atoms with Gasteiger partial charge in [0, 0.05) is 24.2 Å². The van der Waals surface area contributed by atoms with Crippen molar-refractivity contribution in [3.63, 3.8) is 0 Å². The summed E-state index contributed by atoms with van der Waals surface area (Å²) in [5.41, 5.74) is 4.98. The number of rotatable bonds is 5. The summed E-state index contributed by atoms with van der Waals surface area (Å²) in [7, 11) is -3.91. The van der Waals surface area contributed by atoms with Gasteiger partial charge in [-0.15, -0.1) is 0 Å². The molecule has 8 heteroatoms. The number of nitrogens with one attached hydrogen (secondary N) is 1. The minimum atomic E-state index is -3.91. The molecule has 1 fully saturated rings. The number of anilines is 1. The Balaban J connectivity index is 1.64. The second kappa shape index (κ2) is 12.0. The molecule has 1 N–H and O–H groups in total. The number of hydrogen-bond acceptors (Lipinski definition) is 6. The second-order valence-corrected chi connectivity index (χ2v) is 15.5. The monoisotopic (exact) mass is 590 g/mol. The van der Waals surface area contributed by atoms with Gasteiger partial charge in [0.15, 0.2) is 0 Å². The van der Waals surface area contributed by atoms with Crippen LogP contribution in [0.2, 0.25) is 0 Å². The molecule has 2 aliphatic rings. The minimum Gasteiger partial charge on any atom is -0.473 e. The van der Waals surface area contributed by atoms with Gasteiger partial charge in [0.1, 0.15) is 6.10 Å². The highest BCUT2D eigenvalue weighted by atomic mass is 32.2. The fourth-order valence-electron chi connectivity index (χ4n) is 6.44. The van der Waals surface area contributed by atoms with Gasteiger partial charge in [0.2, 0.25) is 11.8 Å². The third kappa shape index (κ3) is 7.14.